The third kappa shape index (κ3) is 3.07. The third-order valence-electron chi connectivity index (χ3n) is 7.87. The van der Waals surface area contributed by atoms with E-state index in [1.165, 1.54) is 0 Å². The number of furan rings is 2. The Bertz CT molecular complexity index is 2020. The fourth-order valence-corrected chi connectivity index (χ4v) is 6.01. The van der Waals surface area contributed by atoms with Crippen LogP contribution in [0.4, 0.5) is 0 Å². The first-order valence-electron chi connectivity index (χ1n) is 13.3. The summed E-state index contributed by atoms with van der Waals surface area (Å²) in [4.78, 5) is 10.2. The molecule has 4 nitrogen and oxygen atoms in total. The lowest BCUT2D eigenvalue weighted by atomic mass is 10.0. The Labute approximate surface area is 228 Å². The summed E-state index contributed by atoms with van der Waals surface area (Å²) in [7, 11) is 0. The van der Waals surface area contributed by atoms with Gasteiger partial charge in [-0.15, -0.1) is 0 Å². The summed E-state index contributed by atoms with van der Waals surface area (Å²) in [6.45, 7) is 0. The molecule has 0 N–H and O–H groups in total. The molecule has 0 amide bonds. The van der Waals surface area contributed by atoms with Gasteiger partial charge in [-0.05, 0) is 0 Å². The van der Waals surface area contributed by atoms with E-state index in [4.69, 9.17) is 18.8 Å². The highest BCUT2D eigenvalue weighted by atomic mass is 16.3. The highest BCUT2D eigenvalue weighted by Crippen LogP contribution is 2.41. The molecule has 7 aromatic rings. The molecule has 3 aromatic heterocycles. The van der Waals surface area contributed by atoms with E-state index in [0.29, 0.717) is 0 Å². The first-order valence-corrected chi connectivity index (χ1v) is 13.3. The van der Waals surface area contributed by atoms with Gasteiger partial charge in [-0.2, -0.15) is 0 Å². The van der Waals surface area contributed by atoms with Gasteiger partial charge in [0.15, 0.2) is 0 Å². The van der Waals surface area contributed by atoms with Crippen molar-refractivity contribution in [3.05, 3.63) is 121 Å². The van der Waals surface area contributed by atoms with Gasteiger partial charge in [0.05, 0.1) is 22.8 Å². The molecule has 0 fully saturated rings. The smallest absolute Gasteiger partial charge is 0.137 e. The SMILES string of the molecule is c1ccc2c(c1)-c1cc3oc(cc4nc(cc5oc(cc-2n1)c1ccccc51)-c1ccccc1-4)c1ccccc31. The molecule has 9 rings (SSSR count). The molecule has 0 saturated carbocycles. The number of benzene rings is 4. The van der Waals surface area contributed by atoms with Crippen molar-refractivity contribution in [3.63, 3.8) is 0 Å². The molecule has 2 aliphatic heterocycles. The van der Waals surface area contributed by atoms with Crippen molar-refractivity contribution in [2.45, 2.75) is 0 Å². The van der Waals surface area contributed by atoms with Gasteiger partial charge in [-0.3, -0.25) is 0 Å². The van der Waals surface area contributed by atoms with Crippen LogP contribution in [0.3, 0.4) is 0 Å². The minimum atomic E-state index is 0.775. The standard InChI is InChI=1S/C36H20N2O2/c1-2-10-22-21(9-1)29-17-33-25-13-5-6-14-26(25)35(39-33)19-31-23-11-3-4-12-24(23)32(38-31)20-36-28-16-8-7-15-27(28)34(40-36)18-30(22)37-29/h1-20H. The molecule has 186 valence electrons. The van der Waals surface area contributed by atoms with Crippen molar-refractivity contribution in [3.8, 4) is 45.0 Å². The van der Waals surface area contributed by atoms with Gasteiger partial charge in [0.25, 0.3) is 0 Å². The summed E-state index contributed by atoms with van der Waals surface area (Å²) in [6.07, 6.45) is 0. The van der Waals surface area contributed by atoms with Crippen LogP contribution in [0.5, 0.6) is 0 Å². The maximum Gasteiger partial charge on any atom is 0.137 e. The number of fused-ring (bicyclic) bond motifs is 20. The van der Waals surface area contributed by atoms with Crippen molar-refractivity contribution >= 4 is 43.9 Å². The normalized spacial score (nSPS) is 12.0. The second kappa shape index (κ2) is 8.01. The number of nitrogens with zero attached hydrogens (tertiary/aromatic N) is 2. The molecule has 0 radical (unpaired) electrons. The van der Waals surface area contributed by atoms with E-state index in [9.17, 15) is 0 Å². The van der Waals surface area contributed by atoms with Gasteiger partial charge in [-0.25, -0.2) is 9.97 Å². The molecule has 8 bridgehead atoms. The molecule has 4 heteroatoms. The Balaban J connectivity index is 1.51. The van der Waals surface area contributed by atoms with Crippen molar-refractivity contribution < 1.29 is 8.83 Å². The van der Waals surface area contributed by atoms with Gasteiger partial charge >= 0.3 is 0 Å². The highest BCUT2D eigenvalue weighted by Gasteiger charge is 2.20. The van der Waals surface area contributed by atoms with E-state index in [2.05, 4.69) is 48.5 Å². The van der Waals surface area contributed by atoms with Crippen molar-refractivity contribution in [1.29, 1.82) is 0 Å². The lowest BCUT2D eigenvalue weighted by Crippen LogP contribution is -1.74. The molecular weight excluding hydrogens is 492 g/mol. The quantitative estimate of drug-likeness (QED) is 0.203. The van der Waals surface area contributed by atoms with Crippen LogP contribution in [0.1, 0.15) is 0 Å². The molecule has 4 aromatic carbocycles. The molecule has 0 aliphatic carbocycles. The van der Waals surface area contributed by atoms with E-state index in [-0.39, 0.29) is 0 Å². The fraction of sp³-hybridized carbons (Fsp3) is 0. The molecule has 40 heavy (non-hydrogen) atoms. The van der Waals surface area contributed by atoms with Crippen LogP contribution >= 0.6 is 0 Å². The summed E-state index contributed by atoms with van der Waals surface area (Å²) in [5, 5.41) is 4.17. The molecule has 0 spiro atoms. The molecule has 0 atom stereocenters. The number of hydrogen-bond donors (Lipinski definition) is 0. The first-order chi connectivity index (χ1) is 19.8. The van der Waals surface area contributed by atoms with Crippen LogP contribution in [0, 0.1) is 0 Å². The molecule has 2 aliphatic rings. The molecule has 5 heterocycles. The Morgan fingerprint density at radius 3 is 0.850 bits per heavy atom. The van der Waals surface area contributed by atoms with Gasteiger partial charge in [0.2, 0.25) is 0 Å². The lowest BCUT2D eigenvalue weighted by molar-refractivity contribution is 0.669. The average molecular weight is 513 g/mol. The Kier molecular flexibility index (Phi) is 4.30. The van der Waals surface area contributed by atoms with Gasteiger partial charge < -0.3 is 8.83 Å². The van der Waals surface area contributed by atoms with E-state index in [1.54, 1.807) is 0 Å². The van der Waals surface area contributed by atoms with Gasteiger partial charge in [0, 0.05) is 68.1 Å². The van der Waals surface area contributed by atoms with Crippen LogP contribution in [-0.4, -0.2) is 9.97 Å². The van der Waals surface area contributed by atoms with E-state index < -0.39 is 0 Å². The first kappa shape index (κ1) is 21.5. The van der Waals surface area contributed by atoms with Crippen molar-refractivity contribution in [2.75, 3.05) is 0 Å². The Morgan fingerprint density at radius 2 is 0.575 bits per heavy atom. The van der Waals surface area contributed by atoms with Crippen molar-refractivity contribution in [1.82, 2.24) is 9.97 Å². The predicted octanol–water partition coefficient (Wildman–Crippen LogP) is 9.82. The highest BCUT2D eigenvalue weighted by molar-refractivity contribution is 6.08. The van der Waals surface area contributed by atoms with Crippen LogP contribution in [0.25, 0.3) is 88.9 Å². The summed E-state index contributed by atoms with van der Waals surface area (Å²) >= 11 is 0. The number of aromatic nitrogens is 2. The average Bonchev–Trinajstić information content (AvgIpc) is 3.73. The van der Waals surface area contributed by atoms with E-state index >= 15 is 0 Å². The fourth-order valence-electron chi connectivity index (χ4n) is 6.01. The predicted molar refractivity (Wildman–Crippen MR) is 161 cm³/mol. The second-order valence-corrected chi connectivity index (χ2v) is 10.2. The Morgan fingerprint density at radius 1 is 0.325 bits per heavy atom. The summed E-state index contributed by atoms with van der Waals surface area (Å²) < 4.78 is 13.1. The van der Waals surface area contributed by atoms with Gasteiger partial charge in [0.1, 0.15) is 22.3 Å². The zero-order chi connectivity index (χ0) is 26.2. The van der Waals surface area contributed by atoms with Crippen molar-refractivity contribution in [2.24, 2.45) is 0 Å². The lowest BCUT2D eigenvalue weighted by Gasteiger charge is -1.97. The van der Waals surface area contributed by atoms with Crippen LogP contribution in [-0.2, 0) is 0 Å². The van der Waals surface area contributed by atoms with Crippen LogP contribution in [0.15, 0.2) is 130 Å². The van der Waals surface area contributed by atoms with Gasteiger partial charge in [-0.1, -0.05) is 97.1 Å². The summed E-state index contributed by atoms with van der Waals surface area (Å²) in [5.41, 5.74) is 10.8. The second-order valence-electron chi connectivity index (χ2n) is 10.2. The molecular formula is C36H20N2O2. The topological polar surface area (TPSA) is 52.1 Å². The zero-order valence-corrected chi connectivity index (χ0v) is 21.3. The molecule has 0 saturated heterocycles. The van der Waals surface area contributed by atoms with E-state index in [1.807, 2.05) is 72.8 Å². The number of hydrogen-bond acceptors (Lipinski definition) is 4. The minimum absolute atomic E-state index is 0.775. The Hall–Kier alpha value is -5.48. The third-order valence-corrected chi connectivity index (χ3v) is 7.87. The molecule has 0 unspecified atom stereocenters. The maximum absolute atomic E-state index is 6.56. The maximum atomic E-state index is 6.56. The van der Waals surface area contributed by atoms with Crippen LogP contribution in [0.2, 0.25) is 0 Å². The number of rotatable bonds is 0. The summed E-state index contributed by atoms with van der Waals surface area (Å²) in [6, 6.07) is 41.4. The zero-order valence-electron chi connectivity index (χ0n) is 21.3. The monoisotopic (exact) mass is 512 g/mol. The van der Waals surface area contributed by atoms with Crippen LogP contribution < -0.4 is 0 Å². The minimum Gasteiger partial charge on any atom is -0.456 e. The largest absolute Gasteiger partial charge is 0.456 e. The van der Waals surface area contributed by atoms with E-state index in [0.717, 1.165) is 88.9 Å². The summed E-state index contributed by atoms with van der Waals surface area (Å²) in [5.74, 6) is 0.